The molecule has 0 radical (unpaired) electrons. The van der Waals surface area contributed by atoms with Crippen LogP contribution in [-0.2, 0) is 10.2 Å². The zero-order valence-corrected chi connectivity index (χ0v) is 20.9. The molecule has 1 aromatic heterocycles. The van der Waals surface area contributed by atoms with E-state index in [0.717, 1.165) is 60.5 Å². The molecule has 188 valence electrons. The summed E-state index contributed by atoms with van der Waals surface area (Å²) in [5, 5.41) is 13.7. The maximum absolute atomic E-state index is 13.4. The summed E-state index contributed by atoms with van der Waals surface area (Å²) in [6.07, 6.45) is 4.66. The van der Waals surface area contributed by atoms with Crippen LogP contribution in [0.1, 0.15) is 47.7 Å². The van der Waals surface area contributed by atoms with E-state index in [9.17, 15) is 9.90 Å². The Balaban J connectivity index is 1.24. The number of aromatic nitrogens is 1. The van der Waals surface area contributed by atoms with E-state index >= 15 is 0 Å². The van der Waals surface area contributed by atoms with Crippen LogP contribution in [0.4, 0.5) is 5.13 Å². The van der Waals surface area contributed by atoms with Gasteiger partial charge in [0.25, 0.3) is 0 Å². The Morgan fingerprint density at radius 2 is 2.00 bits per heavy atom. The van der Waals surface area contributed by atoms with Crippen LogP contribution in [0.5, 0.6) is 17.2 Å². The first-order chi connectivity index (χ1) is 17.6. The molecule has 9 heteroatoms. The predicted molar refractivity (Wildman–Crippen MR) is 136 cm³/mol. The van der Waals surface area contributed by atoms with Crippen LogP contribution in [0.3, 0.4) is 0 Å². The number of rotatable bonds is 7. The molecule has 1 atom stereocenters. The van der Waals surface area contributed by atoms with Crippen LogP contribution < -0.4 is 19.5 Å². The minimum Gasteiger partial charge on any atom is -0.497 e. The van der Waals surface area contributed by atoms with Crippen LogP contribution in [0.2, 0.25) is 0 Å². The molecule has 1 amide bonds. The van der Waals surface area contributed by atoms with Crippen molar-refractivity contribution in [2.75, 3.05) is 32.3 Å². The van der Waals surface area contributed by atoms with Crippen molar-refractivity contribution in [2.24, 2.45) is 0 Å². The van der Waals surface area contributed by atoms with Crippen molar-refractivity contribution in [2.45, 2.75) is 43.2 Å². The van der Waals surface area contributed by atoms with E-state index in [1.807, 2.05) is 42.6 Å². The Morgan fingerprint density at radius 1 is 1.19 bits per heavy atom. The highest BCUT2D eigenvalue weighted by Gasteiger charge is 2.52. The number of benzene rings is 2. The summed E-state index contributed by atoms with van der Waals surface area (Å²) < 4.78 is 16.4. The summed E-state index contributed by atoms with van der Waals surface area (Å²) in [7, 11) is 1.67. The topological polar surface area (TPSA) is 93.2 Å². The van der Waals surface area contributed by atoms with Crippen molar-refractivity contribution in [1.29, 1.82) is 0 Å². The first kappa shape index (κ1) is 23.3. The van der Waals surface area contributed by atoms with Gasteiger partial charge in [0.2, 0.25) is 12.7 Å². The lowest BCUT2D eigenvalue weighted by Gasteiger charge is -2.36. The molecule has 2 aliphatic heterocycles. The second-order valence-corrected chi connectivity index (χ2v) is 10.7. The summed E-state index contributed by atoms with van der Waals surface area (Å²) in [5.74, 6) is 2.16. The number of hydrogen-bond donors (Lipinski definition) is 2. The van der Waals surface area contributed by atoms with Gasteiger partial charge in [0.05, 0.1) is 24.7 Å². The van der Waals surface area contributed by atoms with Gasteiger partial charge in [-0.05, 0) is 61.1 Å². The van der Waals surface area contributed by atoms with Crippen molar-refractivity contribution >= 4 is 22.4 Å². The van der Waals surface area contributed by atoms with E-state index in [1.165, 1.54) is 11.3 Å². The number of nitrogens with zero attached hydrogens (tertiary/aromatic N) is 2. The number of hydrogen-bond acceptors (Lipinski definition) is 8. The molecular weight excluding hydrogens is 478 g/mol. The molecule has 8 nitrogen and oxygen atoms in total. The van der Waals surface area contributed by atoms with Gasteiger partial charge in [-0.15, -0.1) is 0 Å². The van der Waals surface area contributed by atoms with Gasteiger partial charge >= 0.3 is 0 Å². The minimum atomic E-state index is -0.554. The fourth-order valence-electron chi connectivity index (χ4n) is 5.16. The molecule has 2 aromatic carbocycles. The van der Waals surface area contributed by atoms with Gasteiger partial charge in [-0.25, -0.2) is 4.98 Å². The average molecular weight is 508 g/mol. The molecule has 0 bridgehead atoms. The lowest BCUT2D eigenvalue weighted by atomic mass is 9.94. The van der Waals surface area contributed by atoms with Crippen LogP contribution in [0.25, 0.3) is 0 Å². The second-order valence-electron chi connectivity index (χ2n) is 9.62. The molecule has 36 heavy (non-hydrogen) atoms. The monoisotopic (exact) mass is 507 g/mol. The highest BCUT2D eigenvalue weighted by Crippen LogP contribution is 2.51. The van der Waals surface area contributed by atoms with Crippen molar-refractivity contribution in [3.63, 3.8) is 0 Å². The number of piperidine rings is 1. The number of methoxy groups -OCH3 is 1. The quantitative estimate of drug-likeness (QED) is 0.497. The van der Waals surface area contributed by atoms with Crippen molar-refractivity contribution in [3.05, 3.63) is 64.7 Å². The number of aliphatic hydroxyl groups is 1. The Labute approximate surface area is 213 Å². The van der Waals surface area contributed by atoms with Crippen molar-refractivity contribution in [1.82, 2.24) is 9.88 Å². The van der Waals surface area contributed by atoms with Gasteiger partial charge < -0.3 is 24.6 Å². The summed E-state index contributed by atoms with van der Waals surface area (Å²) in [4.78, 5) is 21.4. The van der Waals surface area contributed by atoms with E-state index in [2.05, 4.69) is 21.3 Å². The predicted octanol–water partition coefficient (Wildman–Crippen LogP) is 4.10. The largest absolute Gasteiger partial charge is 0.497 e. The van der Waals surface area contributed by atoms with Crippen molar-refractivity contribution in [3.8, 4) is 17.2 Å². The molecular formula is C27H29N3O5S. The Bertz CT molecular complexity index is 1270. The maximum atomic E-state index is 13.4. The standard InChI is InChI=1S/C27H29N3O5S/c1-33-20-4-2-3-17(13-20)24(30-11-7-19(31)8-12-30)23-15-28-26(36-23)29-25(32)27(9-10-27)18-5-6-21-22(14-18)35-16-34-21/h2-6,13-15,19,24,31H,7-12,16H2,1H3,(H,28,29,32). The van der Waals surface area contributed by atoms with Gasteiger partial charge in [0.1, 0.15) is 5.75 Å². The fraction of sp³-hybridized carbons (Fsp3) is 0.407. The molecule has 3 heterocycles. The third kappa shape index (κ3) is 4.31. The zero-order chi connectivity index (χ0) is 24.7. The van der Waals surface area contributed by atoms with E-state index in [4.69, 9.17) is 14.2 Å². The fourth-order valence-corrected chi connectivity index (χ4v) is 6.14. The molecule has 2 fully saturated rings. The van der Waals surface area contributed by atoms with Gasteiger partial charge in [0.15, 0.2) is 16.6 Å². The number of likely N-dealkylation sites (tertiary alicyclic amines) is 1. The average Bonchev–Trinajstić information content (AvgIpc) is 3.37. The molecule has 3 aliphatic rings. The van der Waals surface area contributed by atoms with E-state index in [1.54, 1.807) is 7.11 Å². The van der Waals surface area contributed by atoms with Gasteiger partial charge in [0, 0.05) is 24.2 Å². The molecule has 2 N–H and O–H groups in total. The number of anilines is 1. The third-order valence-electron chi connectivity index (χ3n) is 7.40. The summed E-state index contributed by atoms with van der Waals surface area (Å²) in [5.41, 5.74) is 1.50. The third-order valence-corrected chi connectivity index (χ3v) is 8.36. The first-order valence-corrected chi connectivity index (χ1v) is 13.1. The normalized spacial score (nSPS) is 19.6. The smallest absolute Gasteiger partial charge is 0.236 e. The van der Waals surface area contributed by atoms with E-state index in [0.29, 0.717) is 16.6 Å². The molecule has 6 rings (SSSR count). The highest BCUT2D eigenvalue weighted by molar-refractivity contribution is 7.15. The van der Waals surface area contributed by atoms with Crippen LogP contribution >= 0.6 is 11.3 Å². The summed E-state index contributed by atoms with van der Waals surface area (Å²) >= 11 is 1.50. The van der Waals surface area contributed by atoms with E-state index in [-0.39, 0.29) is 24.8 Å². The summed E-state index contributed by atoms with van der Waals surface area (Å²) in [6, 6.07) is 13.8. The number of fused-ring (bicyclic) bond motifs is 1. The number of carbonyl (C=O) groups excluding carboxylic acids is 1. The number of thiazole rings is 1. The molecule has 1 saturated heterocycles. The zero-order valence-electron chi connectivity index (χ0n) is 20.1. The Kier molecular flexibility index (Phi) is 6.07. The van der Waals surface area contributed by atoms with Gasteiger partial charge in [-0.3, -0.25) is 9.69 Å². The molecule has 3 aromatic rings. The molecule has 1 unspecified atom stereocenters. The lowest BCUT2D eigenvalue weighted by molar-refractivity contribution is -0.118. The lowest BCUT2D eigenvalue weighted by Crippen LogP contribution is -2.38. The molecule has 1 saturated carbocycles. The number of ether oxygens (including phenoxy) is 3. The van der Waals surface area contributed by atoms with Gasteiger partial charge in [-0.1, -0.05) is 29.5 Å². The summed E-state index contributed by atoms with van der Waals surface area (Å²) in [6.45, 7) is 1.79. The highest BCUT2D eigenvalue weighted by atomic mass is 32.1. The number of aliphatic hydroxyl groups excluding tert-OH is 1. The number of carbonyl (C=O) groups is 1. The minimum absolute atomic E-state index is 0.0282. The number of amides is 1. The van der Waals surface area contributed by atoms with Crippen LogP contribution in [0.15, 0.2) is 48.7 Å². The van der Waals surface area contributed by atoms with Crippen LogP contribution in [-0.4, -0.2) is 54.0 Å². The van der Waals surface area contributed by atoms with Crippen molar-refractivity contribution < 1.29 is 24.1 Å². The number of nitrogens with one attached hydrogen (secondary N) is 1. The maximum Gasteiger partial charge on any atom is 0.236 e. The Hall–Kier alpha value is -3.14. The first-order valence-electron chi connectivity index (χ1n) is 12.3. The van der Waals surface area contributed by atoms with Gasteiger partial charge in [-0.2, -0.15) is 0 Å². The Morgan fingerprint density at radius 3 is 2.78 bits per heavy atom. The van der Waals surface area contributed by atoms with E-state index < -0.39 is 5.41 Å². The van der Waals surface area contributed by atoms with Crippen LogP contribution in [0, 0.1) is 0 Å². The molecule has 1 aliphatic carbocycles. The molecule has 0 spiro atoms. The SMILES string of the molecule is COc1cccc(C(c2cnc(NC(=O)C3(c4ccc5c(c4)OCO5)CC3)s2)N2CCC(O)CC2)c1. The second kappa shape index (κ2) is 9.38.